The predicted molar refractivity (Wildman–Crippen MR) is 107 cm³/mol. The highest BCUT2D eigenvalue weighted by Gasteiger charge is 2.23. The van der Waals surface area contributed by atoms with E-state index < -0.39 is 0 Å². The number of nitrogens with zero attached hydrogens (tertiary/aromatic N) is 4. The van der Waals surface area contributed by atoms with E-state index in [0.29, 0.717) is 25.3 Å². The number of carbonyl (C=O) groups excluding carboxylic acids is 2. The fourth-order valence-electron chi connectivity index (χ4n) is 3.65. The number of benzene rings is 1. The van der Waals surface area contributed by atoms with Crippen molar-refractivity contribution in [3.8, 4) is 5.75 Å². The summed E-state index contributed by atoms with van der Waals surface area (Å²) in [4.78, 5) is 34.2. The third-order valence-electron chi connectivity index (χ3n) is 5.24. The lowest BCUT2D eigenvalue weighted by atomic mass is 10.2. The number of carbonyl (C=O) groups is 2. The number of ether oxygens (including phenoxy) is 1. The number of hydrogen-bond acceptors (Lipinski definition) is 5. The van der Waals surface area contributed by atoms with E-state index in [0.717, 1.165) is 37.4 Å². The molecule has 0 aliphatic carbocycles. The van der Waals surface area contributed by atoms with Gasteiger partial charge in [0.25, 0.3) is 5.91 Å². The summed E-state index contributed by atoms with van der Waals surface area (Å²) in [6.45, 7) is 3.75. The maximum atomic E-state index is 12.5. The van der Waals surface area contributed by atoms with Crippen LogP contribution in [0.2, 0.25) is 0 Å². The van der Waals surface area contributed by atoms with Crippen molar-refractivity contribution in [2.45, 2.75) is 12.8 Å². The molecule has 1 aromatic carbocycles. The Morgan fingerprint density at radius 2 is 1.64 bits per heavy atom. The number of anilines is 2. The van der Waals surface area contributed by atoms with E-state index in [1.54, 1.807) is 17.3 Å². The summed E-state index contributed by atoms with van der Waals surface area (Å²) in [5.41, 5.74) is 2.02. The number of pyridine rings is 1. The molecular formula is C21H24N4O3. The molecular weight excluding hydrogens is 356 g/mol. The molecule has 2 aliphatic rings. The first-order valence-corrected chi connectivity index (χ1v) is 9.67. The quantitative estimate of drug-likeness (QED) is 0.793. The number of piperazine rings is 1. The summed E-state index contributed by atoms with van der Waals surface area (Å²) >= 11 is 0. The van der Waals surface area contributed by atoms with Gasteiger partial charge < -0.3 is 19.4 Å². The Kier molecular flexibility index (Phi) is 5.41. The molecule has 2 aliphatic heterocycles. The Balaban J connectivity index is 1.25. The Labute approximate surface area is 164 Å². The first kappa shape index (κ1) is 18.3. The van der Waals surface area contributed by atoms with Gasteiger partial charge in [0.05, 0.1) is 0 Å². The molecule has 2 aromatic rings. The van der Waals surface area contributed by atoms with Gasteiger partial charge in [-0.1, -0.05) is 0 Å². The molecule has 2 fully saturated rings. The molecule has 3 heterocycles. The fraction of sp³-hybridized carbons (Fsp3) is 0.381. The second kappa shape index (κ2) is 8.29. The van der Waals surface area contributed by atoms with Crippen LogP contribution in [-0.4, -0.2) is 61.0 Å². The van der Waals surface area contributed by atoms with Crippen LogP contribution in [0.4, 0.5) is 11.4 Å². The van der Waals surface area contributed by atoms with Crippen molar-refractivity contribution in [1.29, 1.82) is 0 Å². The monoisotopic (exact) mass is 380 g/mol. The van der Waals surface area contributed by atoms with Gasteiger partial charge in [-0.3, -0.25) is 14.6 Å². The van der Waals surface area contributed by atoms with E-state index in [4.69, 9.17) is 4.74 Å². The van der Waals surface area contributed by atoms with Crippen molar-refractivity contribution in [3.63, 3.8) is 0 Å². The first-order chi connectivity index (χ1) is 13.7. The minimum atomic E-state index is -0.00632. The summed E-state index contributed by atoms with van der Waals surface area (Å²) in [6.07, 6.45) is 5.08. The Hall–Kier alpha value is -3.09. The average molecular weight is 380 g/mol. The summed E-state index contributed by atoms with van der Waals surface area (Å²) in [5, 5.41) is 0. The van der Waals surface area contributed by atoms with Crippen molar-refractivity contribution >= 4 is 23.2 Å². The molecule has 0 bridgehead atoms. The molecule has 1 aromatic heterocycles. The molecule has 0 radical (unpaired) electrons. The van der Waals surface area contributed by atoms with Crippen LogP contribution in [0.3, 0.4) is 0 Å². The number of aromatic nitrogens is 1. The lowest BCUT2D eigenvalue weighted by molar-refractivity contribution is -0.133. The van der Waals surface area contributed by atoms with E-state index >= 15 is 0 Å². The molecule has 7 heteroatoms. The minimum absolute atomic E-state index is 0.00632. The van der Waals surface area contributed by atoms with Crippen molar-refractivity contribution in [2.24, 2.45) is 0 Å². The summed E-state index contributed by atoms with van der Waals surface area (Å²) in [5.74, 6) is 0.794. The van der Waals surface area contributed by atoms with Gasteiger partial charge in [0.2, 0.25) is 5.91 Å². The molecule has 0 atom stereocenters. The SMILES string of the molecule is O=C(COc1ccc(N2CCCC2=O)cc1)N1CCN(c2ccncc2)CC1. The molecule has 7 nitrogen and oxygen atoms in total. The van der Waals surface area contributed by atoms with Gasteiger partial charge >= 0.3 is 0 Å². The van der Waals surface area contributed by atoms with Gasteiger partial charge in [-0.15, -0.1) is 0 Å². The average Bonchev–Trinajstić information content (AvgIpc) is 3.19. The molecule has 0 N–H and O–H groups in total. The highest BCUT2D eigenvalue weighted by atomic mass is 16.5. The predicted octanol–water partition coefficient (Wildman–Crippen LogP) is 1.94. The summed E-state index contributed by atoms with van der Waals surface area (Å²) in [6, 6.07) is 11.3. The maximum absolute atomic E-state index is 12.5. The Morgan fingerprint density at radius 1 is 0.929 bits per heavy atom. The molecule has 0 saturated carbocycles. The van der Waals surface area contributed by atoms with Gasteiger partial charge in [-0.25, -0.2) is 0 Å². The van der Waals surface area contributed by atoms with Crippen LogP contribution in [-0.2, 0) is 9.59 Å². The zero-order chi connectivity index (χ0) is 19.3. The highest BCUT2D eigenvalue weighted by Crippen LogP contribution is 2.24. The largest absolute Gasteiger partial charge is 0.484 e. The Bertz CT molecular complexity index is 817. The van der Waals surface area contributed by atoms with E-state index in [9.17, 15) is 9.59 Å². The van der Waals surface area contributed by atoms with Crippen LogP contribution in [0.1, 0.15) is 12.8 Å². The zero-order valence-corrected chi connectivity index (χ0v) is 15.8. The molecule has 0 spiro atoms. The standard InChI is InChI=1S/C21H24N4O3/c26-20-2-1-11-25(20)18-3-5-19(6-4-18)28-16-21(27)24-14-12-23(13-15-24)17-7-9-22-10-8-17/h3-10H,1-2,11-16H2. The van der Waals surface area contributed by atoms with Crippen molar-refractivity contribution in [1.82, 2.24) is 9.88 Å². The second-order valence-corrected chi connectivity index (χ2v) is 7.00. The summed E-state index contributed by atoms with van der Waals surface area (Å²) in [7, 11) is 0. The van der Waals surface area contributed by atoms with Gasteiger partial charge in [0, 0.05) is 62.9 Å². The van der Waals surface area contributed by atoms with Gasteiger partial charge in [0.1, 0.15) is 5.75 Å². The van der Waals surface area contributed by atoms with E-state index in [1.165, 1.54) is 0 Å². The van der Waals surface area contributed by atoms with E-state index in [1.807, 2.05) is 41.3 Å². The molecule has 146 valence electrons. The lowest BCUT2D eigenvalue weighted by Crippen LogP contribution is -2.50. The lowest BCUT2D eigenvalue weighted by Gasteiger charge is -2.36. The molecule has 28 heavy (non-hydrogen) atoms. The van der Waals surface area contributed by atoms with Crippen LogP contribution in [0, 0.1) is 0 Å². The van der Waals surface area contributed by atoms with Crippen LogP contribution >= 0.6 is 0 Å². The third-order valence-corrected chi connectivity index (χ3v) is 5.24. The second-order valence-electron chi connectivity index (χ2n) is 7.00. The summed E-state index contributed by atoms with van der Waals surface area (Å²) < 4.78 is 5.66. The van der Waals surface area contributed by atoms with Gasteiger partial charge in [-0.2, -0.15) is 0 Å². The van der Waals surface area contributed by atoms with E-state index in [-0.39, 0.29) is 18.4 Å². The van der Waals surface area contributed by atoms with Crippen molar-refractivity contribution < 1.29 is 14.3 Å². The topological polar surface area (TPSA) is 66.0 Å². The maximum Gasteiger partial charge on any atom is 0.260 e. The molecule has 0 unspecified atom stereocenters. The van der Waals surface area contributed by atoms with E-state index in [2.05, 4.69) is 9.88 Å². The van der Waals surface area contributed by atoms with Crippen LogP contribution in [0.15, 0.2) is 48.8 Å². The fourth-order valence-corrected chi connectivity index (χ4v) is 3.65. The number of rotatable bonds is 5. The third kappa shape index (κ3) is 4.08. The minimum Gasteiger partial charge on any atom is -0.484 e. The molecule has 2 amide bonds. The molecule has 2 saturated heterocycles. The van der Waals surface area contributed by atoms with Crippen LogP contribution < -0.4 is 14.5 Å². The number of amides is 2. The zero-order valence-electron chi connectivity index (χ0n) is 15.8. The van der Waals surface area contributed by atoms with Crippen molar-refractivity contribution in [2.75, 3.05) is 49.1 Å². The first-order valence-electron chi connectivity index (χ1n) is 9.67. The van der Waals surface area contributed by atoms with Crippen LogP contribution in [0.5, 0.6) is 5.75 Å². The normalized spacial score (nSPS) is 17.1. The van der Waals surface area contributed by atoms with Gasteiger partial charge in [0.15, 0.2) is 6.61 Å². The molecule has 4 rings (SSSR count). The Morgan fingerprint density at radius 3 is 2.29 bits per heavy atom. The van der Waals surface area contributed by atoms with Crippen LogP contribution in [0.25, 0.3) is 0 Å². The van der Waals surface area contributed by atoms with Crippen molar-refractivity contribution in [3.05, 3.63) is 48.8 Å². The van der Waals surface area contributed by atoms with Gasteiger partial charge in [-0.05, 0) is 42.8 Å². The smallest absolute Gasteiger partial charge is 0.260 e. The highest BCUT2D eigenvalue weighted by molar-refractivity contribution is 5.95. The number of hydrogen-bond donors (Lipinski definition) is 0.